The van der Waals surface area contributed by atoms with Gasteiger partial charge in [-0.25, -0.2) is 0 Å². The van der Waals surface area contributed by atoms with Crippen molar-refractivity contribution in [1.82, 2.24) is 10.2 Å². The molecule has 1 saturated carbocycles. The van der Waals surface area contributed by atoms with Crippen molar-refractivity contribution in [2.24, 2.45) is 0 Å². The highest BCUT2D eigenvalue weighted by Crippen LogP contribution is 2.24. The van der Waals surface area contributed by atoms with Gasteiger partial charge < -0.3 is 15.3 Å². The van der Waals surface area contributed by atoms with E-state index in [0.717, 1.165) is 17.7 Å². The van der Waals surface area contributed by atoms with Crippen molar-refractivity contribution in [3.8, 4) is 11.8 Å². The average molecular weight is 286 g/mol. The highest BCUT2D eigenvalue weighted by atomic mass is 16.2. The zero-order valence-corrected chi connectivity index (χ0v) is 12.6. The van der Waals surface area contributed by atoms with Gasteiger partial charge in [0.1, 0.15) is 6.61 Å². The summed E-state index contributed by atoms with van der Waals surface area (Å²) in [6.07, 6.45) is 2.56. The largest absolute Gasteiger partial charge is 0.384 e. The number of hydrogen-bond donors (Lipinski definition) is 2. The summed E-state index contributed by atoms with van der Waals surface area (Å²) in [6.45, 7) is 3.31. The Morgan fingerprint density at radius 2 is 2.24 bits per heavy atom. The number of carbonyl (C=O) groups is 1. The zero-order chi connectivity index (χ0) is 15.2. The topological polar surface area (TPSA) is 52.6 Å². The molecule has 1 aliphatic rings. The molecular weight excluding hydrogens is 264 g/mol. The molecule has 2 N–H and O–H groups in total. The average Bonchev–Trinajstić information content (AvgIpc) is 3.30. The number of benzene rings is 1. The van der Waals surface area contributed by atoms with Crippen molar-refractivity contribution >= 4 is 5.91 Å². The number of aryl methyl sites for hydroxylation is 1. The fraction of sp³-hybridized carbons (Fsp3) is 0.471. The predicted molar refractivity (Wildman–Crippen MR) is 83.1 cm³/mol. The zero-order valence-electron chi connectivity index (χ0n) is 12.6. The number of rotatable bonds is 5. The molecule has 0 aromatic heterocycles. The van der Waals surface area contributed by atoms with E-state index in [1.54, 1.807) is 6.07 Å². The van der Waals surface area contributed by atoms with Crippen molar-refractivity contribution in [2.75, 3.05) is 26.7 Å². The summed E-state index contributed by atoms with van der Waals surface area (Å²) >= 11 is 0. The maximum Gasteiger partial charge on any atom is 0.251 e. The van der Waals surface area contributed by atoms with E-state index in [-0.39, 0.29) is 12.5 Å². The van der Waals surface area contributed by atoms with E-state index in [2.05, 4.69) is 29.1 Å². The van der Waals surface area contributed by atoms with Crippen LogP contribution < -0.4 is 5.32 Å². The molecule has 0 atom stereocenters. The van der Waals surface area contributed by atoms with E-state index >= 15 is 0 Å². The highest BCUT2D eigenvalue weighted by Gasteiger charge is 2.25. The Balaban J connectivity index is 1.88. The maximum absolute atomic E-state index is 12.1. The Morgan fingerprint density at radius 1 is 1.48 bits per heavy atom. The van der Waals surface area contributed by atoms with E-state index in [0.29, 0.717) is 18.2 Å². The van der Waals surface area contributed by atoms with E-state index in [1.807, 2.05) is 19.1 Å². The minimum atomic E-state index is -0.157. The highest BCUT2D eigenvalue weighted by molar-refractivity contribution is 5.94. The van der Waals surface area contributed by atoms with Crippen LogP contribution in [-0.2, 0) is 0 Å². The molecule has 1 aromatic carbocycles. The molecule has 0 heterocycles. The number of nitrogens with one attached hydrogen (secondary N) is 1. The molecule has 1 amide bonds. The van der Waals surface area contributed by atoms with Crippen LogP contribution in [0.2, 0.25) is 0 Å². The maximum atomic E-state index is 12.1. The van der Waals surface area contributed by atoms with Crippen molar-refractivity contribution in [1.29, 1.82) is 0 Å². The minimum Gasteiger partial charge on any atom is -0.384 e. The van der Waals surface area contributed by atoms with Crippen LogP contribution in [0.25, 0.3) is 0 Å². The number of carbonyl (C=O) groups excluding carboxylic acids is 1. The second kappa shape index (κ2) is 7.26. The molecule has 0 radical (unpaired) electrons. The molecule has 0 spiro atoms. The quantitative estimate of drug-likeness (QED) is 0.799. The van der Waals surface area contributed by atoms with E-state index in [4.69, 9.17) is 5.11 Å². The van der Waals surface area contributed by atoms with Crippen LogP contribution in [-0.4, -0.2) is 48.7 Å². The first kappa shape index (κ1) is 15.6. The van der Waals surface area contributed by atoms with Crippen molar-refractivity contribution < 1.29 is 9.90 Å². The van der Waals surface area contributed by atoms with Crippen molar-refractivity contribution in [3.63, 3.8) is 0 Å². The number of aliphatic hydroxyl groups excluding tert-OH is 1. The molecule has 4 nitrogen and oxygen atoms in total. The lowest BCUT2D eigenvalue weighted by Crippen LogP contribution is -2.34. The number of nitrogens with zero attached hydrogens (tertiary/aromatic N) is 1. The number of amides is 1. The van der Waals surface area contributed by atoms with Crippen molar-refractivity contribution in [3.05, 3.63) is 34.9 Å². The van der Waals surface area contributed by atoms with E-state index in [9.17, 15) is 4.79 Å². The summed E-state index contributed by atoms with van der Waals surface area (Å²) < 4.78 is 0. The van der Waals surface area contributed by atoms with Gasteiger partial charge in [0.05, 0.1) is 0 Å². The third-order valence-corrected chi connectivity index (χ3v) is 3.71. The number of aliphatic hydroxyl groups is 1. The molecular formula is C17H22N2O2. The third kappa shape index (κ3) is 4.59. The lowest BCUT2D eigenvalue weighted by molar-refractivity contribution is 0.0949. The second-order valence-electron chi connectivity index (χ2n) is 5.46. The SMILES string of the molecule is Cc1cc(C(=O)NCCN(C)C2CC2)ccc1C#CCO. The van der Waals surface area contributed by atoms with Crippen molar-refractivity contribution in [2.45, 2.75) is 25.8 Å². The Hall–Kier alpha value is -1.83. The van der Waals surface area contributed by atoms with Gasteiger partial charge >= 0.3 is 0 Å². The fourth-order valence-electron chi connectivity index (χ4n) is 2.23. The monoisotopic (exact) mass is 286 g/mol. The van der Waals surface area contributed by atoms with Crippen LogP contribution in [0.15, 0.2) is 18.2 Å². The van der Waals surface area contributed by atoms with Crippen LogP contribution in [0.5, 0.6) is 0 Å². The fourth-order valence-corrected chi connectivity index (χ4v) is 2.23. The Morgan fingerprint density at radius 3 is 2.86 bits per heavy atom. The van der Waals surface area contributed by atoms with E-state index in [1.165, 1.54) is 12.8 Å². The number of likely N-dealkylation sites (N-methyl/N-ethyl adjacent to an activating group) is 1. The summed E-state index contributed by atoms with van der Waals surface area (Å²) in [4.78, 5) is 14.4. The van der Waals surface area contributed by atoms with Gasteiger partial charge in [-0.05, 0) is 50.6 Å². The van der Waals surface area contributed by atoms with Crippen LogP contribution in [0.1, 0.15) is 34.3 Å². The standard InChI is InChI=1S/C17H22N2O2/c1-13-12-15(6-5-14(13)4-3-11-20)17(21)18-9-10-19(2)16-7-8-16/h5-6,12,16,20H,7-11H2,1-2H3,(H,18,21). The summed E-state index contributed by atoms with van der Waals surface area (Å²) in [5.41, 5.74) is 2.43. The molecule has 1 aliphatic carbocycles. The lowest BCUT2D eigenvalue weighted by Gasteiger charge is -2.15. The van der Waals surface area contributed by atoms with Gasteiger partial charge in [-0.2, -0.15) is 0 Å². The molecule has 0 bridgehead atoms. The number of hydrogen-bond acceptors (Lipinski definition) is 3. The van der Waals surface area contributed by atoms with Gasteiger partial charge in [0.15, 0.2) is 0 Å². The Bertz CT molecular complexity index is 568. The first-order valence-corrected chi connectivity index (χ1v) is 7.30. The minimum absolute atomic E-state index is 0.0519. The van der Waals surface area contributed by atoms with Gasteiger partial charge in [0, 0.05) is 30.3 Å². The lowest BCUT2D eigenvalue weighted by atomic mass is 10.0. The molecule has 0 saturated heterocycles. The van der Waals surface area contributed by atoms with Gasteiger partial charge in [0.25, 0.3) is 5.91 Å². The molecule has 4 heteroatoms. The summed E-state index contributed by atoms with van der Waals surface area (Å²) in [6, 6.07) is 6.15. The van der Waals surface area contributed by atoms with Gasteiger partial charge in [-0.15, -0.1) is 0 Å². The van der Waals surface area contributed by atoms with Crippen LogP contribution in [0.4, 0.5) is 0 Å². The van der Waals surface area contributed by atoms with Gasteiger partial charge in [0.2, 0.25) is 0 Å². The molecule has 1 aromatic rings. The van der Waals surface area contributed by atoms with Gasteiger partial charge in [-0.1, -0.05) is 11.8 Å². The normalized spacial score (nSPS) is 13.7. The summed E-state index contributed by atoms with van der Waals surface area (Å²) in [7, 11) is 2.10. The molecule has 112 valence electrons. The third-order valence-electron chi connectivity index (χ3n) is 3.71. The summed E-state index contributed by atoms with van der Waals surface area (Å²) in [5, 5.41) is 11.7. The molecule has 0 unspecified atom stereocenters. The summed E-state index contributed by atoms with van der Waals surface area (Å²) in [5.74, 6) is 5.43. The van der Waals surface area contributed by atoms with E-state index < -0.39 is 0 Å². The first-order valence-electron chi connectivity index (χ1n) is 7.30. The van der Waals surface area contributed by atoms with Crippen LogP contribution in [0.3, 0.4) is 0 Å². The van der Waals surface area contributed by atoms with Crippen LogP contribution in [0, 0.1) is 18.8 Å². The Labute approximate surface area is 126 Å². The first-order chi connectivity index (χ1) is 10.1. The molecule has 2 rings (SSSR count). The molecule has 0 aliphatic heterocycles. The van der Waals surface area contributed by atoms with Crippen LogP contribution >= 0.6 is 0 Å². The smallest absolute Gasteiger partial charge is 0.251 e. The molecule has 1 fully saturated rings. The predicted octanol–water partition coefficient (Wildman–Crippen LogP) is 1.16. The Kier molecular flexibility index (Phi) is 5.38. The second-order valence-corrected chi connectivity index (χ2v) is 5.46. The van der Waals surface area contributed by atoms with Gasteiger partial charge in [-0.3, -0.25) is 4.79 Å². The molecule has 21 heavy (non-hydrogen) atoms.